The monoisotopic (exact) mass is 700 g/mol. The molecule has 3 aliphatic carbocycles. The molecule has 1 aromatic rings. The number of Topliss-reactive ketones (excluding diaryl/α,β-unsaturated/α-hetero) is 1. The summed E-state index contributed by atoms with van der Waals surface area (Å²) in [7, 11) is -2.48. The van der Waals surface area contributed by atoms with Crippen LogP contribution in [0.25, 0.3) is 0 Å². The molecule has 4 aliphatic rings. The van der Waals surface area contributed by atoms with Crippen molar-refractivity contribution in [1.82, 2.24) is 0 Å². The number of fused-ring (bicyclic) bond motifs is 5. The molecule has 1 heterocycles. The Morgan fingerprint density at radius 1 is 0.980 bits per heavy atom. The predicted octanol–water partition coefficient (Wildman–Crippen LogP) is 4.68. The smallest absolute Gasteiger partial charge is 0.338 e. The molecule has 2 bridgehead atoms. The maximum absolute atomic E-state index is 15.2. The Hall–Kier alpha value is -2.90. The molecule has 0 aromatic heterocycles. The Balaban J connectivity index is 1.90. The first-order valence-corrected chi connectivity index (χ1v) is 20.0. The van der Waals surface area contributed by atoms with Crippen LogP contribution in [0.2, 0.25) is 18.1 Å². The number of rotatable bonds is 9. The third kappa shape index (κ3) is 5.62. The summed E-state index contributed by atoms with van der Waals surface area (Å²) in [4.78, 5) is 55.3. The molecule has 270 valence electrons. The lowest BCUT2D eigenvalue weighted by Gasteiger charge is -2.69. The highest BCUT2D eigenvalue weighted by Crippen LogP contribution is 2.65. The van der Waals surface area contributed by atoms with Crippen LogP contribution in [0.3, 0.4) is 0 Å². The molecule has 1 saturated heterocycles. The highest BCUT2D eigenvalue weighted by atomic mass is 28.4. The van der Waals surface area contributed by atoms with Crippen LogP contribution in [0.1, 0.15) is 85.5 Å². The van der Waals surface area contributed by atoms with Gasteiger partial charge in [0.15, 0.2) is 20.0 Å². The van der Waals surface area contributed by atoms with Gasteiger partial charge in [0, 0.05) is 43.1 Å². The van der Waals surface area contributed by atoms with Crippen molar-refractivity contribution in [2.45, 2.75) is 135 Å². The van der Waals surface area contributed by atoms with Gasteiger partial charge >= 0.3 is 17.9 Å². The number of hydrogen-bond donors (Lipinski definition) is 2. The first kappa shape index (κ1) is 37.4. The van der Waals surface area contributed by atoms with Gasteiger partial charge < -0.3 is 33.6 Å². The molecule has 1 aliphatic heterocycles. The second-order valence-corrected chi connectivity index (χ2v) is 19.9. The normalized spacial score (nSPS) is 36.7. The molecule has 9 atom stereocenters. The van der Waals surface area contributed by atoms with E-state index in [2.05, 4.69) is 20.8 Å². The maximum Gasteiger partial charge on any atom is 0.338 e. The molecule has 3 fully saturated rings. The summed E-state index contributed by atoms with van der Waals surface area (Å²) in [6, 6.07) is 10.6. The standard InChI is InChI=1S/C37H52O11Si/c1-10-49(11-2,12-3)48-26-18-27-36(20-44-27,47-23(6)39)30-32(46-33(42)24-16-14-13-15-17-24)37(43)19-25(40)21(4)28(34(37,7)8)29(41)31(35(26,30)9)45-22(5)38/h13-17,25-27,30-32,40,43H,10-12,18-20H2,1-9H3/t25-,26-,27+,30?,31+,32?,35+,36-,37+/m0/s1. The second-order valence-electron chi connectivity index (χ2n) is 15.2. The minimum Gasteiger partial charge on any atom is -0.455 e. The van der Waals surface area contributed by atoms with Crippen molar-refractivity contribution in [3.63, 3.8) is 0 Å². The van der Waals surface area contributed by atoms with Gasteiger partial charge in [-0.15, -0.1) is 0 Å². The predicted molar refractivity (Wildman–Crippen MR) is 181 cm³/mol. The average molecular weight is 701 g/mol. The van der Waals surface area contributed by atoms with E-state index in [-0.39, 0.29) is 30.6 Å². The van der Waals surface area contributed by atoms with Crippen LogP contribution in [0.15, 0.2) is 41.5 Å². The van der Waals surface area contributed by atoms with Crippen LogP contribution in [0.4, 0.5) is 0 Å². The maximum atomic E-state index is 15.2. The Morgan fingerprint density at radius 2 is 1.59 bits per heavy atom. The summed E-state index contributed by atoms with van der Waals surface area (Å²) in [6.45, 7) is 15.3. The molecule has 2 saturated carbocycles. The highest BCUT2D eigenvalue weighted by molar-refractivity contribution is 6.73. The fourth-order valence-corrected chi connectivity index (χ4v) is 12.4. The van der Waals surface area contributed by atoms with Crippen LogP contribution in [0, 0.1) is 16.7 Å². The highest BCUT2D eigenvalue weighted by Gasteiger charge is 2.79. The van der Waals surface area contributed by atoms with Crippen molar-refractivity contribution in [2.75, 3.05) is 6.61 Å². The third-order valence-electron chi connectivity index (χ3n) is 12.5. The zero-order chi connectivity index (χ0) is 36.3. The molecule has 0 amide bonds. The van der Waals surface area contributed by atoms with Gasteiger partial charge in [-0.05, 0) is 42.8 Å². The summed E-state index contributed by atoms with van der Waals surface area (Å²) >= 11 is 0. The van der Waals surface area contributed by atoms with E-state index in [1.807, 2.05) is 0 Å². The number of aliphatic hydroxyl groups excluding tert-OH is 1. The Kier molecular flexibility index (Phi) is 9.92. The Morgan fingerprint density at radius 3 is 2.10 bits per heavy atom. The second kappa shape index (κ2) is 13.0. The molecule has 2 N–H and O–H groups in total. The van der Waals surface area contributed by atoms with Gasteiger partial charge in [-0.3, -0.25) is 14.4 Å². The number of benzene rings is 1. The molecule has 2 unspecified atom stereocenters. The van der Waals surface area contributed by atoms with E-state index < -0.39 is 90.5 Å². The number of carbonyl (C=O) groups is 4. The van der Waals surface area contributed by atoms with E-state index in [1.165, 1.54) is 13.8 Å². The molecule has 0 spiro atoms. The lowest BCUT2D eigenvalue weighted by atomic mass is 9.44. The van der Waals surface area contributed by atoms with Gasteiger partial charge in [-0.1, -0.05) is 59.7 Å². The van der Waals surface area contributed by atoms with Crippen LogP contribution in [0.5, 0.6) is 0 Å². The van der Waals surface area contributed by atoms with Gasteiger partial charge in [0.25, 0.3) is 0 Å². The summed E-state index contributed by atoms with van der Waals surface area (Å²) < 4.78 is 32.2. The van der Waals surface area contributed by atoms with E-state index in [0.717, 1.165) is 18.1 Å². The fourth-order valence-electron chi connectivity index (χ4n) is 9.43. The van der Waals surface area contributed by atoms with E-state index in [9.17, 15) is 24.6 Å². The average Bonchev–Trinajstić information content (AvgIpc) is 3.04. The van der Waals surface area contributed by atoms with Crippen molar-refractivity contribution in [2.24, 2.45) is 16.7 Å². The molecule has 0 radical (unpaired) electrons. The molecule has 5 rings (SSSR count). The van der Waals surface area contributed by atoms with Crippen LogP contribution < -0.4 is 0 Å². The molecule has 11 nitrogen and oxygen atoms in total. The van der Waals surface area contributed by atoms with E-state index >= 15 is 4.79 Å². The van der Waals surface area contributed by atoms with Gasteiger partial charge in [-0.25, -0.2) is 4.79 Å². The van der Waals surface area contributed by atoms with Crippen molar-refractivity contribution in [3.05, 3.63) is 47.0 Å². The minimum absolute atomic E-state index is 0.0951. The van der Waals surface area contributed by atoms with Crippen molar-refractivity contribution >= 4 is 32.0 Å². The van der Waals surface area contributed by atoms with Crippen molar-refractivity contribution in [1.29, 1.82) is 0 Å². The van der Waals surface area contributed by atoms with E-state index in [4.69, 9.17) is 23.4 Å². The quantitative estimate of drug-likeness (QED) is 0.210. The van der Waals surface area contributed by atoms with Crippen molar-refractivity contribution < 1.29 is 52.8 Å². The first-order valence-electron chi connectivity index (χ1n) is 17.5. The summed E-state index contributed by atoms with van der Waals surface area (Å²) in [5.74, 6) is -3.90. The topological polar surface area (TPSA) is 155 Å². The van der Waals surface area contributed by atoms with Crippen LogP contribution in [-0.2, 0) is 37.8 Å². The first-order chi connectivity index (χ1) is 22.9. The Labute approximate surface area is 289 Å². The summed E-state index contributed by atoms with van der Waals surface area (Å²) in [5, 5.41) is 24.7. The number of ether oxygens (including phenoxy) is 4. The van der Waals surface area contributed by atoms with Crippen molar-refractivity contribution in [3.8, 4) is 0 Å². The summed E-state index contributed by atoms with van der Waals surface area (Å²) in [5.41, 5.74) is -5.94. The molecular formula is C37H52O11Si. The molecule has 12 heteroatoms. The van der Waals surface area contributed by atoms with E-state index in [0.29, 0.717) is 5.57 Å². The van der Waals surface area contributed by atoms with Gasteiger partial charge in [0.1, 0.15) is 17.8 Å². The van der Waals surface area contributed by atoms with Crippen LogP contribution in [-0.4, -0.2) is 90.6 Å². The SMILES string of the molecule is CC[Si](CC)(CC)O[C@H]1C[C@H]2OC[C@@]2(OC(C)=O)C2C(OC(=O)c3ccccc3)[C@]3(O)C[C@H](O)C(C)=C(C(=O)[C@@H](OC(C)=O)[C@@]21C)C3(C)C. The lowest BCUT2D eigenvalue weighted by Crippen LogP contribution is -2.82. The number of esters is 3. The zero-order valence-electron chi connectivity index (χ0n) is 30.2. The van der Waals surface area contributed by atoms with Gasteiger partial charge in [0.2, 0.25) is 5.78 Å². The van der Waals surface area contributed by atoms with Crippen LogP contribution >= 0.6 is 0 Å². The van der Waals surface area contributed by atoms with E-state index in [1.54, 1.807) is 58.0 Å². The number of hydrogen-bond acceptors (Lipinski definition) is 11. The number of ketones is 1. The zero-order valence-corrected chi connectivity index (χ0v) is 31.2. The third-order valence-corrected chi connectivity index (χ3v) is 17.1. The van der Waals surface area contributed by atoms with Gasteiger partial charge in [0.05, 0.1) is 30.3 Å². The largest absolute Gasteiger partial charge is 0.455 e. The molecule has 1 aromatic carbocycles. The fraction of sp³-hybridized carbons (Fsp3) is 0.676. The molecule has 49 heavy (non-hydrogen) atoms. The minimum atomic E-state index is -2.48. The summed E-state index contributed by atoms with van der Waals surface area (Å²) in [6.07, 6.45) is -5.98. The lowest BCUT2D eigenvalue weighted by molar-refractivity contribution is -0.356. The van der Waals surface area contributed by atoms with Gasteiger partial charge in [-0.2, -0.15) is 0 Å². The number of carbonyl (C=O) groups excluding carboxylic acids is 4. The molecular weight excluding hydrogens is 648 g/mol. The Bertz CT molecular complexity index is 1510. The number of aliphatic hydroxyl groups is 2.